The average Bonchev–Trinajstić information content (AvgIpc) is 3.19. The number of hydrogen-bond donors (Lipinski definition) is 0. The van der Waals surface area contributed by atoms with E-state index in [2.05, 4.69) is 106 Å². The van der Waals surface area contributed by atoms with Crippen molar-refractivity contribution in [1.82, 2.24) is 0 Å². The van der Waals surface area contributed by atoms with Crippen LogP contribution in [0.2, 0.25) is 0 Å². The molecule has 6 heteroatoms. The van der Waals surface area contributed by atoms with Gasteiger partial charge in [0.15, 0.2) is 6.10 Å². The maximum absolute atomic E-state index is 12.7. The van der Waals surface area contributed by atoms with E-state index in [4.69, 9.17) is 14.2 Å². The van der Waals surface area contributed by atoms with E-state index in [1.54, 1.807) is 6.08 Å². The van der Waals surface area contributed by atoms with Crippen LogP contribution in [-0.4, -0.2) is 37.2 Å². The summed E-state index contributed by atoms with van der Waals surface area (Å²) in [5.74, 6) is -1.23. The third-order valence-electron chi connectivity index (χ3n) is 7.71. The fourth-order valence-electron chi connectivity index (χ4n) is 4.68. The molecular weight excluding hydrogens is 697 g/mol. The molecule has 0 aromatic rings. The molecule has 0 aliphatic rings. The van der Waals surface area contributed by atoms with Gasteiger partial charge in [0, 0.05) is 12.8 Å². The second kappa shape index (κ2) is 43.0. The zero-order valence-corrected chi connectivity index (χ0v) is 34.8. The number of ether oxygens (including phenoxy) is 3. The number of hydrogen-bond acceptors (Lipinski definition) is 6. The maximum Gasteiger partial charge on any atom is 0.309 e. The summed E-state index contributed by atoms with van der Waals surface area (Å²) >= 11 is 0. The van der Waals surface area contributed by atoms with Crippen molar-refractivity contribution in [3.8, 4) is 0 Å². The van der Waals surface area contributed by atoms with E-state index in [0.29, 0.717) is 12.8 Å². The fourth-order valence-corrected chi connectivity index (χ4v) is 4.68. The molecule has 0 fully saturated rings. The predicted octanol–water partition coefficient (Wildman–Crippen LogP) is 13.4. The number of carbonyl (C=O) groups is 3. The summed E-state index contributed by atoms with van der Waals surface area (Å²) in [5.41, 5.74) is 0. The smallest absolute Gasteiger partial charge is 0.309 e. The third kappa shape index (κ3) is 40.5. The molecule has 0 amide bonds. The quantitative estimate of drug-likeness (QED) is 0.0213. The van der Waals surface area contributed by atoms with Gasteiger partial charge in [-0.15, -0.1) is 0 Å². The molecule has 0 aliphatic heterocycles. The Morgan fingerprint density at radius 1 is 0.393 bits per heavy atom. The molecule has 0 rings (SSSR count). The lowest BCUT2D eigenvalue weighted by molar-refractivity contribution is -0.166. The van der Waals surface area contributed by atoms with Gasteiger partial charge in [0.2, 0.25) is 0 Å². The molecule has 0 aromatic carbocycles. The van der Waals surface area contributed by atoms with Crippen LogP contribution in [0.15, 0.2) is 146 Å². The van der Waals surface area contributed by atoms with Crippen molar-refractivity contribution >= 4 is 17.9 Å². The van der Waals surface area contributed by atoms with Crippen molar-refractivity contribution in [2.45, 2.75) is 136 Å². The minimum Gasteiger partial charge on any atom is -0.462 e. The molecule has 56 heavy (non-hydrogen) atoms. The van der Waals surface area contributed by atoms with E-state index in [0.717, 1.165) is 77.0 Å². The highest BCUT2D eigenvalue weighted by molar-refractivity contribution is 5.72. The Kier molecular flexibility index (Phi) is 39.4. The lowest BCUT2D eigenvalue weighted by atomic mass is 10.1. The van der Waals surface area contributed by atoms with Gasteiger partial charge in [-0.3, -0.25) is 14.4 Å². The maximum atomic E-state index is 12.7. The number of esters is 3. The van der Waals surface area contributed by atoms with Crippen LogP contribution in [0, 0.1) is 0 Å². The third-order valence-corrected chi connectivity index (χ3v) is 7.71. The number of unbranched alkanes of at least 4 members (excludes halogenated alkanes) is 3. The molecule has 0 radical (unpaired) electrons. The monoisotopic (exact) mass is 769 g/mol. The van der Waals surface area contributed by atoms with Crippen LogP contribution in [0.3, 0.4) is 0 Å². The predicted molar refractivity (Wildman–Crippen MR) is 237 cm³/mol. The van der Waals surface area contributed by atoms with Crippen molar-refractivity contribution in [3.05, 3.63) is 146 Å². The molecule has 0 saturated carbocycles. The van der Waals surface area contributed by atoms with Crippen LogP contribution in [0.1, 0.15) is 130 Å². The summed E-state index contributed by atoms with van der Waals surface area (Å²) in [6, 6.07) is 0. The Balaban J connectivity index is 4.67. The van der Waals surface area contributed by atoms with Crippen molar-refractivity contribution in [2.75, 3.05) is 13.2 Å². The first-order valence-electron chi connectivity index (χ1n) is 20.9. The largest absolute Gasteiger partial charge is 0.462 e. The second-order valence-electron chi connectivity index (χ2n) is 12.9. The van der Waals surface area contributed by atoms with Gasteiger partial charge >= 0.3 is 17.9 Å². The highest BCUT2D eigenvalue weighted by atomic mass is 16.6. The molecule has 308 valence electrons. The Labute approximate surface area is 340 Å². The Morgan fingerprint density at radius 3 is 1.38 bits per heavy atom. The van der Waals surface area contributed by atoms with Gasteiger partial charge in [0.25, 0.3) is 0 Å². The number of carbonyl (C=O) groups excluding carboxylic acids is 3. The number of rotatable bonds is 34. The standard InChI is InChI=1S/C50H72O6/c1-4-7-10-13-16-19-21-23-24-25-27-28-31-34-37-40-43-49(52)55-46-47(45-54-48(51)42-39-36-33-30-18-15-12-9-6-3)56-50(53)44-41-38-35-32-29-26-22-20-17-14-11-8-5-2/h7-12,14,16-20,22-24,26-30,34,36-37,39,47H,4-6,13,15,21,25,31-33,35,38,40-46H2,1-3H3/b10-7-,11-8-,12-9-,17-14-,19-16-,22-20-,24-23-,28-27-,29-26-,30-18-,37-34-,39-36-. The molecule has 0 aromatic heterocycles. The van der Waals surface area contributed by atoms with Crippen LogP contribution in [0.4, 0.5) is 0 Å². The van der Waals surface area contributed by atoms with Crippen molar-refractivity contribution in [2.24, 2.45) is 0 Å². The van der Waals surface area contributed by atoms with Crippen LogP contribution >= 0.6 is 0 Å². The highest BCUT2D eigenvalue weighted by Crippen LogP contribution is 2.08. The van der Waals surface area contributed by atoms with Crippen LogP contribution in [0.25, 0.3) is 0 Å². The number of allylic oxidation sites excluding steroid dienone is 23. The van der Waals surface area contributed by atoms with E-state index >= 15 is 0 Å². The molecule has 0 spiro atoms. The highest BCUT2D eigenvalue weighted by Gasteiger charge is 2.19. The van der Waals surface area contributed by atoms with Crippen LogP contribution in [-0.2, 0) is 28.6 Å². The average molecular weight is 769 g/mol. The van der Waals surface area contributed by atoms with Crippen molar-refractivity contribution < 1.29 is 28.6 Å². The van der Waals surface area contributed by atoms with Gasteiger partial charge in [-0.2, -0.15) is 0 Å². The van der Waals surface area contributed by atoms with Gasteiger partial charge in [-0.1, -0.05) is 173 Å². The molecule has 0 bridgehead atoms. The minimum absolute atomic E-state index is 0.106. The van der Waals surface area contributed by atoms with Gasteiger partial charge in [-0.25, -0.2) is 0 Å². The summed E-state index contributed by atoms with van der Waals surface area (Å²) in [6.07, 6.45) is 61.6. The van der Waals surface area contributed by atoms with E-state index in [1.807, 2.05) is 54.7 Å². The second-order valence-corrected chi connectivity index (χ2v) is 12.9. The molecule has 0 aliphatic carbocycles. The molecule has 1 atom stereocenters. The zero-order valence-electron chi connectivity index (χ0n) is 34.8. The molecule has 1 unspecified atom stereocenters. The fraction of sp³-hybridized carbons (Fsp3) is 0.460. The Morgan fingerprint density at radius 2 is 0.839 bits per heavy atom. The summed E-state index contributed by atoms with van der Waals surface area (Å²) < 4.78 is 16.4. The summed E-state index contributed by atoms with van der Waals surface area (Å²) in [5, 5.41) is 0. The summed E-state index contributed by atoms with van der Waals surface area (Å²) in [7, 11) is 0. The minimum atomic E-state index is -0.867. The summed E-state index contributed by atoms with van der Waals surface area (Å²) in [4.78, 5) is 37.5. The van der Waals surface area contributed by atoms with Crippen LogP contribution in [0.5, 0.6) is 0 Å². The van der Waals surface area contributed by atoms with Gasteiger partial charge in [0.05, 0.1) is 6.42 Å². The SMILES string of the molecule is CC\C=C/C=C\C=C/C=C\CCCCCC(=O)OC(COC(=O)C/C=C\C/C=C\C/C=C\CC)COC(=O)CC/C=C\C/C=C\C/C=C\C/C=C\C/C=C\CC. The Hall–Kier alpha value is -4.71. The van der Waals surface area contributed by atoms with Gasteiger partial charge in [0.1, 0.15) is 13.2 Å². The summed E-state index contributed by atoms with van der Waals surface area (Å²) in [6.45, 7) is 6.00. The van der Waals surface area contributed by atoms with Crippen molar-refractivity contribution in [3.63, 3.8) is 0 Å². The van der Waals surface area contributed by atoms with Gasteiger partial charge < -0.3 is 14.2 Å². The zero-order chi connectivity index (χ0) is 40.8. The van der Waals surface area contributed by atoms with E-state index in [-0.39, 0.29) is 32.5 Å². The molecule has 6 nitrogen and oxygen atoms in total. The lowest BCUT2D eigenvalue weighted by Gasteiger charge is -2.18. The van der Waals surface area contributed by atoms with Crippen molar-refractivity contribution in [1.29, 1.82) is 0 Å². The molecule has 0 N–H and O–H groups in total. The van der Waals surface area contributed by atoms with E-state index in [9.17, 15) is 14.4 Å². The van der Waals surface area contributed by atoms with E-state index < -0.39 is 24.0 Å². The lowest BCUT2D eigenvalue weighted by Crippen LogP contribution is -2.30. The molecule has 0 heterocycles. The molecular formula is C50H72O6. The first-order chi connectivity index (χ1) is 27.5. The van der Waals surface area contributed by atoms with Gasteiger partial charge in [-0.05, 0) is 83.5 Å². The molecule has 0 saturated heterocycles. The van der Waals surface area contributed by atoms with E-state index in [1.165, 1.54) is 0 Å². The normalized spacial score (nSPS) is 13.6. The first-order valence-corrected chi connectivity index (χ1v) is 20.9. The topological polar surface area (TPSA) is 78.9 Å². The Bertz CT molecular complexity index is 1340. The first kappa shape index (κ1) is 51.3. The van der Waals surface area contributed by atoms with Crippen LogP contribution < -0.4 is 0 Å².